The first-order valence-corrected chi connectivity index (χ1v) is 6.21. The van der Waals surface area contributed by atoms with Crippen LogP contribution in [0.1, 0.15) is 5.56 Å². The standard InChI is InChI=1S/C16H12FN3/c17-13-5-3-4-12(10-13)11-19-20-16-8-9-18-15-7-2-1-6-14(15)16/h1-11H,(H,18,20). The number of halogens is 1. The molecule has 3 aromatic rings. The van der Waals surface area contributed by atoms with E-state index in [4.69, 9.17) is 0 Å². The van der Waals surface area contributed by atoms with E-state index in [0.29, 0.717) is 5.56 Å². The molecule has 0 unspecified atom stereocenters. The summed E-state index contributed by atoms with van der Waals surface area (Å²) in [5.74, 6) is -0.275. The van der Waals surface area contributed by atoms with Gasteiger partial charge >= 0.3 is 0 Å². The number of hydrogen-bond acceptors (Lipinski definition) is 3. The van der Waals surface area contributed by atoms with Crippen molar-refractivity contribution < 1.29 is 4.39 Å². The van der Waals surface area contributed by atoms with Gasteiger partial charge in [-0.15, -0.1) is 0 Å². The van der Waals surface area contributed by atoms with Crippen LogP contribution in [0.25, 0.3) is 10.9 Å². The fraction of sp³-hybridized carbons (Fsp3) is 0. The highest BCUT2D eigenvalue weighted by molar-refractivity contribution is 5.91. The summed E-state index contributed by atoms with van der Waals surface area (Å²) in [5, 5.41) is 5.13. The molecule has 3 rings (SSSR count). The van der Waals surface area contributed by atoms with Crippen LogP contribution in [0.2, 0.25) is 0 Å². The monoisotopic (exact) mass is 265 g/mol. The van der Waals surface area contributed by atoms with Crippen LogP contribution in [-0.2, 0) is 0 Å². The Bertz CT molecular complexity index is 763. The van der Waals surface area contributed by atoms with Gasteiger partial charge in [0.25, 0.3) is 0 Å². The van der Waals surface area contributed by atoms with Crippen LogP contribution in [0, 0.1) is 5.82 Å². The summed E-state index contributed by atoms with van der Waals surface area (Å²) in [5.41, 5.74) is 5.43. The maximum atomic E-state index is 13.0. The van der Waals surface area contributed by atoms with Crippen LogP contribution >= 0.6 is 0 Å². The molecule has 0 atom stereocenters. The Kier molecular flexibility index (Phi) is 3.37. The Morgan fingerprint density at radius 3 is 2.85 bits per heavy atom. The molecule has 0 aliphatic carbocycles. The number of anilines is 1. The maximum Gasteiger partial charge on any atom is 0.123 e. The van der Waals surface area contributed by atoms with E-state index in [1.165, 1.54) is 12.1 Å². The second-order valence-corrected chi connectivity index (χ2v) is 4.30. The minimum absolute atomic E-state index is 0.275. The average Bonchev–Trinajstić information content (AvgIpc) is 2.48. The van der Waals surface area contributed by atoms with Gasteiger partial charge in [-0.2, -0.15) is 5.10 Å². The summed E-state index contributed by atoms with van der Waals surface area (Å²) in [7, 11) is 0. The second-order valence-electron chi connectivity index (χ2n) is 4.30. The molecule has 0 radical (unpaired) electrons. The molecule has 98 valence electrons. The van der Waals surface area contributed by atoms with Crippen LogP contribution in [0.15, 0.2) is 65.9 Å². The smallest absolute Gasteiger partial charge is 0.123 e. The zero-order valence-electron chi connectivity index (χ0n) is 10.6. The van der Waals surface area contributed by atoms with Gasteiger partial charge in [-0.25, -0.2) is 4.39 Å². The summed E-state index contributed by atoms with van der Waals surface area (Å²) in [6.07, 6.45) is 3.31. The Hall–Kier alpha value is -2.75. The average molecular weight is 265 g/mol. The van der Waals surface area contributed by atoms with Crippen LogP contribution in [-0.4, -0.2) is 11.2 Å². The molecule has 0 amide bonds. The van der Waals surface area contributed by atoms with Crippen molar-refractivity contribution >= 4 is 22.8 Å². The lowest BCUT2D eigenvalue weighted by Gasteiger charge is -2.04. The van der Waals surface area contributed by atoms with Gasteiger partial charge in [0.2, 0.25) is 0 Å². The Balaban J connectivity index is 1.84. The molecule has 0 saturated heterocycles. The molecule has 20 heavy (non-hydrogen) atoms. The van der Waals surface area contributed by atoms with E-state index in [1.54, 1.807) is 24.5 Å². The Labute approximate surface area is 115 Å². The molecule has 4 heteroatoms. The summed E-state index contributed by atoms with van der Waals surface area (Å²) < 4.78 is 13.0. The largest absolute Gasteiger partial charge is 0.278 e. The van der Waals surface area contributed by atoms with Gasteiger partial charge in [-0.3, -0.25) is 10.4 Å². The predicted octanol–water partition coefficient (Wildman–Crippen LogP) is 3.82. The van der Waals surface area contributed by atoms with Crippen molar-refractivity contribution in [3.05, 3.63) is 72.2 Å². The van der Waals surface area contributed by atoms with Crippen molar-refractivity contribution in [3.8, 4) is 0 Å². The first-order valence-electron chi connectivity index (χ1n) is 6.21. The van der Waals surface area contributed by atoms with Gasteiger partial charge < -0.3 is 0 Å². The lowest BCUT2D eigenvalue weighted by atomic mass is 10.2. The number of rotatable bonds is 3. The van der Waals surface area contributed by atoms with Gasteiger partial charge in [-0.1, -0.05) is 30.3 Å². The number of pyridine rings is 1. The van der Waals surface area contributed by atoms with E-state index in [1.807, 2.05) is 30.3 Å². The molecule has 0 spiro atoms. The Morgan fingerprint density at radius 1 is 1.05 bits per heavy atom. The van der Waals surface area contributed by atoms with E-state index < -0.39 is 0 Å². The van der Waals surface area contributed by atoms with Gasteiger partial charge in [-0.05, 0) is 29.8 Å². The van der Waals surface area contributed by atoms with E-state index in [9.17, 15) is 4.39 Å². The fourth-order valence-electron chi connectivity index (χ4n) is 1.96. The number of fused-ring (bicyclic) bond motifs is 1. The lowest BCUT2D eigenvalue weighted by molar-refractivity contribution is 0.627. The molecule has 1 heterocycles. The van der Waals surface area contributed by atoms with Crippen molar-refractivity contribution in [1.82, 2.24) is 4.98 Å². The van der Waals surface area contributed by atoms with Crippen molar-refractivity contribution in [1.29, 1.82) is 0 Å². The minimum atomic E-state index is -0.275. The van der Waals surface area contributed by atoms with Gasteiger partial charge in [0.05, 0.1) is 17.4 Å². The summed E-state index contributed by atoms with van der Waals surface area (Å²) >= 11 is 0. The molecule has 0 fully saturated rings. The first kappa shape index (κ1) is 12.3. The number of para-hydroxylation sites is 1. The van der Waals surface area contributed by atoms with Crippen LogP contribution in [0.3, 0.4) is 0 Å². The number of aromatic nitrogens is 1. The fourth-order valence-corrected chi connectivity index (χ4v) is 1.96. The highest BCUT2D eigenvalue weighted by Crippen LogP contribution is 2.20. The van der Waals surface area contributed by atoms with Crippen molar-refractivity contribution in [2.75, 3.05) is 5.43 Å². The number of nitrogens with zero attached hydrogens (tertiary/aromatic N) is 2. The van der Waals surface area contributed by atoms with Crippen molar-refractivity contribution in [3.63, 3.8) is 0 Å². The molecule has 0 aliphatic heterocycles. The zero-order chi connectivity index (χ0) is 13.8. The first-order chi connectivity index (χ1) is 9.83. The highest BCUT2D eigenvalue weighted by atomic mass is 19.1. The molecule has 2 aromatic carbocycles. The number of benzene rings is 2. The topological polar surface area (TPSA) is 37.3 Å². The van der Waals surface area contributed by atoms with Gasteiger partial charge in [0.1, 0.15) is 5.82 Å². The maximum absolute atomic E-state index is 13.0. The third-order valence-electron chi connectivity index (χ3n) is 2.90. The summed E-state index contributed by atoms with van der Waals surface area (Å²) in [4.78, 5) is 4.28. The van der Waals surface area contributed by atoms with Gasteiger partial charge in [0, 0.05) is 11.6 Å². The minimum Gasteiger partial charge on any atom is -0.278 e. The zero-order valence-corrected chi connectivity index (χ0v) is 10.6. The molecular weight excluding hydrogens is 253 g/mol. The van der Waals surface area contributed by atoms with Crippen LogP contribution in [0.5, 0.6) is 0 Å². The highest BCUT2D eigenvalue weighted by Gasteiger charge is 1.99. The predicted molar refractivity (Wildman–Crippen MR) is 79.4 cm³/mol. The molecule has 1 aromatic heterocycles. The quantitative estimate of drug-likeness (QED) is 0.577. The molecule has 1 N–H and O–H groups in total. The molecule has 3 nitrogen and oxygen atoms in total. The van der Waals surface area contributed by atoms with E-state index in [2.05, 4.69) is 15.5 Å². The van der Waals surface area contributed by atoms with Gasteiger partial charge in [0.15, 0.2) is 0 Å². The van der Waals surface area contributed by atoms with Crippen molar-refractivity contribution in [2.45, 2.75) is 0 Å². The third-order valence-corrected chi connectivity index (χ3v) is 2.90. The van der Waals surface area contributed by atoms with E-state index in [0.717, 1.165) is 16.6 Å². The van der Waals surface area contributed by atoms with E-state index >= 15 is 0 Å². The Morgan fingerprint density at radius 2 is 1.95 bits per heavy atom. The molecular formula is C16H12FN3. The third kappa shape index (κ3) is 2.64. The second kappa shape index (κ2) is 5.48. The summed E-state index contributed by atoms with van der Waals surface area (Å²) in [6, 6.07) is 15.9. The molecule has 0 bridgehead atoms. The SMILES string of the molecule is Fc1cccc(C=NNc2ccnc3ccccc23)c1. The lowest BCUT2D eigenvalue weighted by Crippen LogP contribution is -1.93. The number of nitrogens with one attached hydrogen (secondary N) is 1. The van der Waals surface area contributed by atoms with Crippen LogP contribution < -0.4 is 5.43 Å². The molecule has 0 saturated carbocycles. The van der Waals surface area contributed by atoms with Crippen molar-refractivity contribution in [2.24, 2.45) is 5.10 Å². The normalized spacial score (nSPS) is 11.1. The summed E-state index contributed by atoms with van der Waals surface area (Å²) in [6.45, 7) is 0. The van der Waals surface area contributed by atoms with E-state index in [-0.39, 0.29) is 5.82 Å². The van der Waals surface area contributed by atoms with Crippen LogP contribution in [0.4, 0.5) is 10.1 Å². The molecule has 0 aliphatic rings. The number of hydrazone groups is 1. The number of hydrogen-bond donors (Lipinski definition) is 1.